The van der Waals surface area contributed by atoms with Crippen LogP contribution in [0.3, 0.4) is 0 Å². The van der Waals surface area contributed by atoms with E-state index in [0.717, 1.165) is 10.2 Å². The summed E-state index contributed by atoms with van der Waals surface area (Å²) in [5.41, 5.74) is 0.544. The highest BCUT2D eigenvalue weighted by Gasteiger charge is 2.02. The van der Waals surface area contributed by atoms with E-state index < -0.39 is 0 Å². The first-order valence-electron chi connectivity index (χ1n) is 5.95. The van der Waals surface area contributed by atoms with Gasteiger partial charge in [0.25, 0.3) is 0 Å². The summed E-state index contributed by atoms with van der Waals surface area (Å²) in [5, 5.41) is 0. The molecular weight excluding hydrogens is 311 g/mol. The largest absolute Gasteiger partial charge is 0.491 e. The summed E-state index contributed by atoms with van der Waals surface area (Å²) in [5.74, 6) is 0.541. The molecule has 0 aliphatic carbocycles. The maximum Gasteiger partial charge on any atom is 0.129 e. The topological polar surface area (TPSA) is 18.5 Å². The van der Waals surface area contributed by atoms with Gasteiger partial charge in [0.1, 0.15) is 18.2 Å². The fourth-order valence-corrected chi connectivity index (χ4v) is 1.89. The highest BCUT2D eigenvalue weighted by molar-refractivity contribution is 9.10. The molecule has 0 radical (unpaired) electrons. The Bertz CT molecular complexity index is 517. The van der Waals surface area contributed by atoms with E-state index in [0.29, 0.717) is 18.8 Å². The van der Waals surface area contributed by atoms with E-state index in [-0.39, 0.29) is 12.4 Å². The molecule has 2 aromatic carbocycles. The van der Waals surface area contributed by atoms with Crippen LogP contribution in [0.1, 0.15) is 5.56 Å². The predicted molar refractivity (Wildman–Crippen MR) is 75.7 cm³/mol. The molecule has 0 unspecified atom stereocenters. The Morgan fingerprint density at radius 3 is 2.53 bits per heavy atom. The Hall–Kier alpha value is -1.39. The third-order valence-corrected chi connectivity index (χ3v) is 3.01. The van der Waals surface area contributed by atoms with E-state index >= 15 is 0 Å². The van der Waals surface area contributed by atoms with Crippen molar-refractivity contribution in [2.75, 3.05) is 13.2 Å². The van der Waals surface area contributed by atoms with Gasteiger partial charge >= 0.3 is 0 Å². The zero-order chi connectivity index (χ0) is 13.5. The van der Waals surface area contributed by atoms with Crippen molar-refractivity contribution in [3.63, 3.8) is 0 Å². The van der Waals surface area contributed by atoms with Gasteiger partial charge in [-0.15, -0.1) is 0 Å². The second-order valence-corrected chi connectivity index (χ2v) is 4.87. The zero-order valence-electron chi connectivity index (χ0n) is 10.3. The molecule has 0 aromatic heterocycles. The van der Waals surface area contributed by atoms with Gasteiger partial charge in [-0.05, 0) is 24.3 Å². The fourth-order valence-electron chi connectivity index (χ4n) is 1.56. The van der Waals surface area contributed by atoms with Gasteiger partial charge in [0.15, 0.2) is 0 Å². The molecule has 0 heterocycles. The molecule has 2 aromatic rings. The lowest BCUT2D eigenvalue weighted by Crippen LogP contribution is -2.07. The minimum absolute atomic E-state index is 0.247. The van der Waals surface area contributed by atoms with Crippen LogP contribution in [-0.2, 0) is 11.3 Å². The van der Waals surface area contributed by atoms with Crippen molar-refractivity contribution in [1.82, 2.24) is 0 Å². The van der Waals surface area contributed by atoms with Gasteiger partial charge in [-0.3, -0.25) is 0 Å². The summed E-state index contributed by atoms with van der Waals surface area (Å²) in [4.78, 5) is 0. The second-order valence-electron chi connectivity index (χ2n) is 3.95. The Morgan fingerprint density at radius 2 is 1.79 bits per heavy atom. The number of rotatable bonds is 6. The molecular formula is C15H14BrFO2. The van der Waals surface area contributed by atoms with Crippen molar-refractivity contribution < 1.29 is 13.9 Å². The minimum atomic E-state index is -0.265. The number of hydrogen-bond acceptors (Lipinski definition) is 2. The SMILES string of the molecule is Fc1cc(Br)ccc1COCCOc1ccccc1. The highest BCUT2D eigenvalue weighted by atomic mass is 79.9. The number of halogens is 2. The molecule has 0 amide bonds. The first-order chi connectivity index (χ1) is 9.25. The lowest BCUT2D eigenvalue weighted by Gasteiger charge is -2.07. The molecule has 0 aliphatic heterocycles. The number of para-hydroxylation sites is 1. The van der Waals surface area contributed by atoms with E-state index in [1.54, 1.807) is 12.1 Å². The Morgan fingerprint density at radius 1 is 1.00 bits per heavy atom. The first-order valence-corrected chi connectivity index (χ1v) is 6.74. The molecule has 100 valence electrons. The number of benzene rings is 2. The van der Waals surface area contributed by atoms with Gasteiger partial charge in [0.05, 0.1) is 13.2 Å². The lowest BCUT2D eigenvalue weighted by molar-refractivity contribution is 0.0872. The highest BCUT2D eigenvalue weighted by Crippen LogP contribution is 2.16. The third-order valence-electron chi connectivity index (χ3n) is 2.51. The summed E-state index contributed by atoms with van der Waals surface area (Å²) in [6.07, 6.45) is 0. The van der Waals surface area contributed by atoms with Gasteiger partial charge in [-0.2, -0.15) is 0 Å². The zero-order valence-corrected chi connectivity index (χ0v) is 11.9. The molecule has 4 heteroatoms. The van der Waals surface area contributed by atoms with Crippen LogP contribution in [0, 0.1) is 5.82 Å². The molecule has 0 fully saturated rings. The standard InChI is InChI=1S/C15H14BrFO2/c16-13-7-6-12(15(17)10-13)11-18-8-9-19-14-4-2-1-3-5-14/h1-7,10H,8-9,11H2. The molecule has 2 rings (SSSR count). The average molecular weight is 325 g/mol. The van der Waals surface area contributed by atoms with E-state index in [9.17, 15) is 4.39 Å². The molecule has 0 bridgehead atoms. The molecule has 0 aliphatic rings. The van der Waals surface area contributed by atoms with Crippen LogP contribution in [-0.4, -0.2) is 13.2 Å². The van der Waals surface area contributed by atoms with Crippen molar-refractivity contribution in [3.8, 4) is 5.75 Å². The number of hydrogen-bond donors (Lipinski definition) is 0. The monoisotopic (exact) mass is 324 g/mol. The number of ether oxygens (including phenoxy) is 2. The summed E-state index contributed by atoms with van der Waals surface area (Å²) < 4.78 is 25.1. The molecule has 0 atom stereocenters. The van der Waals surface area contributed by atoms with Crippen LogP contribution in [0.25, 0.3) is 0 Å². The summed E-state index contributed by atoms with van der Waals surface area (Å²) >= 11 is 3.21. The van der Waals surface area contributed by atoms with Crippen molar-refractivity contribution in [2.45, 2.75) is 6.61 Å². The smallest absolute Gasteiger partial charge is 0.129 e. The third kappa shape index (κ3) is 4.65. The second kappa shape index (κ2) is 7.26. The molecule has 0 saturated carbocycles. The van der Waals surface area contributed by atoms with Crippen LogP contribution in [0.2, 0.25) is 0 Å². The van der Waals surface area contributed by atoms with Crippen LogP contribution in [0.15, 0.2) is 53.0 Å². The molecule has 0 saturated heterocycles. The Labute approximate surface area is 120 Å². The van der Waals surface area contributed by atoms with E-state index in [1.165, 1.54) is 6.07 Å². The lowest BCUT2D eigenvalue weighted by atomic mass is 10.2. The van der Waals surface area contributed by atoms with Crippen LogP contribution < -0.4 is 4.74 Å². The summed E-state index contributed by atoms with van der Waals surface area (Å²) in [7, 11) is 0. The summed E-state index contributed by atoms with van der Waals surface area (Å²) in [6, 6.07) is 14.4. The van der Waals surface area contributed by atoms with Crippen molar-refractivity contribution >= 4 is 15.9 Å². The van der Waals surface area contributed by atoms with E-state index in [1.807, 2.05) is 30.3 Å². The summed E-state index contributed by atoms with van der Waals surface area (Å²) in [6.45, 7) is 1.11. The van der Waals surface area contributed by atoms with Gasteiger partial charge in [-0.1, -0.05) is 40.2 Å². The fraction of sp³-hybridized carbons (Fsp3) is 0.200. The van der Waals surface area contributed by atoms with Crippen LogP contribution >= 0.6 is 15.9 Å². The van der Waals surface area contributed by atoms with Crippen molar-refractivity contribution in [3.05, 3.63) is 64.4 Å². The quantitative estimate of drug-likeness (QED) is 0.742. The minimum Gasteiger partial charge on any atom is -0.491 e. The van der Waals surface area contributed by atoms with Gasteiger partial charge < -0.3 is 9.47 Å². The van der Waals surface area contributed by atoms with Crippen molar-refractivity contribution in [1.29, 1.82) is 0 Å². The average Bonchev–Trinajstić information content (AvgIpc) is 2.42. The van der Waals surface area contributed by atoms with Gasteiger partial charge in [0.2, 0.25) is 0 Å². The Kier molecular flexibility index (Phi) is 5.36. The molecule has 0 spiro atoms. The Balaban J connectivity index is 1.69. The van der Waals surface area contributed by atoms with Crippen LogP contribution in [0.5, 0.6) is 5.75 Å². The first kappa shape index (κ1) is 14.0. The molecule has 2 nitrogen and oxygen atoms in total. The molecule has 0 N–H and O–H groups in total. The van der Waals surface area contributed by atoms with E-state index in [4.69, 9.17) is 9.47 Å². The normalized spacial score (nSPS) is 10.4. The maximum absolute atomic E-state index is 13.5. The molecule has 19 heavy (non-hydrogen) atoms. The van der Waals surface area contributed by atoms with E-state index in [2.05, 4.69) is 15.9 Å². The predicted octanol–water partition coefficient (Wildman–Crippen LogP) is 4.18. The van der Waals surface area contributed by atoms with Crippen molar-refractivity contribution in [2.24, 2.45) is 0 Å². The van der Waals surface area contributed by atoms with Crippen LogP contribution in [0.4, 0.5) is 4.39 Å². The van der Waals surface area contributed by atoms with Gasteiger partial charge in [0, 0.05) is 10.0 Å². The van der Waals surface area contributed by atoms with Gasteiger partial charge in [-0.25, -0.2) is 4.39 Å². The maximum atomic E-state index is 13.5.